The molecule has 1 atom stereocenters. The van der Waals surface area contributed by atoms with Gasteiger partial charge < -0.3 is 15.2 Å². The predicted octanol–water partition coefficient (Wildman–Crippen LogP) is 0.994. The number of nitrogens with two attached hydrogens (primary N) is 1. The topological polar surface area (TPSA) is 74.4 Å². The maximum Gasteiger partial charge on any atom is 0.347 e. The minimum atomic E-state index is -0.684. The fourth-order valence-corrected chi connectivity index (χ4v) is 1.00. The molecule has 0 saturated carbocycles. The molecule has 0 amide bonds. The van der Waals surface area contributed by atoms with E-state index >= 15 is 0 Å². The zero-order valence-corrected chi connectivity index (χ0v) is 8.77. The fraction of sp³-hybridized carbons (Fsp3) is 0.400. The number of pyridine rings is 1. The average Bonchev–Trinajstić information content (AvgIpc) is 2.21. The van der Waals surface area contributed by atoms with Gasteiger partial charge >= 0.3 is 5.97 Å². The third-order valence-electron chi connectivity index (χ3n) is 1.72. The number of carbonyl (C=O) groups excluding carboxylic acids is 1. The molecule has 0 bridgehead atoms. The summed E-state index contributed by atoms with van der Waals surface area (Å²) < 4.78 is 10.1. The van der Waals surface area contributed by atoms with E-state index in [1.807, 2.05) is 0 Å². The third kappa shape index (κ3) is 3.12. The lowest BCUT2D eigenvalue weighted by atomic mass is 10.4. The van der Waals surface area contributed by atoms with Crippen LogP contribution in [0.3, 0.4) is 0 Å². The number of rotatable bonds is 4. The number of esters is 1. The monoisotopic (exact) mass is 210 g/mol. The van der Waals surface area contributed by atoms with Crippen molar-refractivity contribution in [3.63, 3.8) is 0 Å². The van der Waals surface area contributed by atoms with Gasteiger partial charge in [0, 0.05) is 6.20 Å². The largest absolute Gasteiger partial charge is 0.475 e. The van der Waals surface area contributed by atoms with Gasteiger partial charge in [-0.25, -0.2) is 9.78 Å². The molecule has 0 aliphatic rings. The van der Waals surface area contributed by atoms with E-state index < -0.39 is 12.1 Å². The molecule has 5 nitrogen and oxygen atoms in total. The number of anilines is 1. The van der Waals surface area contributed by atoms with Crippen LogP contribution in [0.5, 0.6) is 5.75 Å². The number of ether oxygens (including phenoxy) is 2. The molecule has 0 aliphatic heterocycles. The minimum absolute atomic E-state index is 0.258. The number of aromatic nitrogens is 1. The van der Waals surface area contributed by atoms with Crippen molar-refractivity contribution < 1.29 is 14.3 Å². The molecule has 1 aromatic rings. The van der Waals surface area contributed by atoms with Crippen LogP contribution in [0.25, 0.3) is 0 Å². The number of nitrogens with zero attached hydrogens (tertiary/aromatic N) is 1. The first-order chi connectivity index (χ1) is 7.15. The predicted molar refractivity (Wildman–Crippen MR) is 55.4 cm³/mol. The molecule has 0 aliphatic carbocycles. The summed E-state index contributed by atoms with van der Waals surface area (Å²) in [5, 5.41) is 0. The van der Waals surface area contributed by atoms with E-state index in [0.29, 0.717) is 12.4 Å². The van der Waals surface area contributed by atoms with Crippen LogP contribution in [-0.4, -0.2) is 23.7 Å². The van der Waals surface area contributed by atoms with Crippen LogP contribution < -0.4 is 10.5 Å². The van der Waals surface area contributed by atoms with Gasteiger partial charge in [-0.2, -0.15) is 0 Å². The van der Waals surface area contributed by atoms with Crippen LogP contribution in [0.2, 0.25) is 0 Å². The molecule has 0 aromatic carbocycles. The Balaban J connectivity index is 2.62. The summed E-state index contributed by atoms with van der Waals surface area (Å²) in [5.41, 5.74) is 5.55. The molecule has 1 aromatic heterocycles. The van der Waals surface area contributed by atoms with Crippen molar-refractivity contribution in [2.24, 2.45) is 0 Å². The second kappa shape index (κ2) is 5.19. The molecule has 0 spiro atoms. The van der Waals surface area contributed by atoms with Gasteiger partial charge in [0.1, 0.15) is 0 Å². The van der Waals surface area contributed by atoms with Crippen LogP contribution in [0.15, 0.2) is 18.3 Å². The highest BCUT2D eigenvalue weighted by Gasteiger charge is 2.16. The molecule has 15 heavy (non-hydrogen) atoms. The summed E-state index contributed by atoms with van der Waals surface area (Å²) in [6, 6.07) is 3.33. The van der Waals surface area contributed by atoms with Crippen molar-refractivity contribution in [2.45, 2.75) is 20.0 Å². The lowest BCUT2D eigenvalue weighted by Crippen LogP contribution is -2.26. The average molecular weight is 210 g/mol. The Kier molecular flexibility index (Phi) is 3.91. The SMILES string of the molecule is CCOC(=O)C(C)Oc1cccnc1N. The maximum atomic E-state index is 11.3. The summed E-state index contributed by atoms with van der Waals surface area (Å²) in [7, 11) is 0. The first kappa shape index (κ1) is 11.3. The van der Waals surface area contributed by atoms with Gasteiger partial charge in [0.15, 0.2) is 17.7 Å². The number of nitrogen functional groups attached to an aromatic ring is 1. The normalized spacial score (nSPS) is 11.9. The van der Waals surface area contributed by atoms with E-state index in [0.717, 1.165) is 0 Å². The Hall–Kier alpha value is -1.78. The first-order valence-corrected chi connectivity index (χ1v) is 4.69. The van der Waals surface area contributed by atoms with Crippen molar-refractivity contribution in [1.29, 1.82) is 0 Å². The van der Waals surface area contributed by atoms with Crippen LogP contribution in [-0.2, 0) is 9.53 Å². The van der Waals surface area contributed by atoms with Gasteiger partial charge in [-0.15, -0.1) is 0 Å². The second-order valence-corrected chi connectivity index (χ2v) is 2.90. The lowest BCUT2D eigenvalue weighted by Gasteiger charge is -2.13. The molecule has 2 N–H and O–H groups in total. The van der Waals surface area contributed by atoms with E-state index in [-0.39, 0.29) is 5.82 Å². The van der Waals surface area contributed by atoms with Gasteiger partial charge in [0.05, 0.1) is 6.61 Å². The maximum absolute atomic E-state index is 11.3. The van der Waals surface area contributed by atoms with Gasteiger partial charge in [0.2, 0.25) is 0 Å². The van der Waals surface area contributed by atoms with Gasteiger partial charge in [-0.05, 0) is 26.0 Å². The van der Waals surface area contributed by atoms with Crippen LogP contribution in [0, 0.1) is 0 Å². The molecule has 5 heteroatoms. The van der Waals surface area contributed by atoms with Crippen LogP contribution in [0.1, 0.15) is 13.8 Å². The van der Waals surface area contributed by atoms with Crippen LogP contribution in [0.4, 0.5) is 5.82 Å². The summed E-state index contributed by atoms with van der Waals surface area (Å²) in [4.78, 5) is 15.1. The van der Waals surface area contributed by atoms with E-state index in [1.54, 1.807) is 32.2 Å². The molecular weight excluding hydrogens is 196 g/mol. The third-order valence-corrected chi connectivity index (χ3v) is 1.72. The Bertz CT molecular complexity index is 341. The summed E-state index contributed by atoms with van der Waals surface area (Å²) in [6.45, 7) is 3.67. The first-order valence-electron chi connectivity index (χ1n) is 4.69. The summed E-state index contributed by atoms with van der Waals surface area (Å²) >= 11 is 0. The number of carbonyl (C=O) groups is 1. The van der Waals surface area contributed by atoms with E-state index in [9.17, 15) is 4.79 Å². The Morgan fingerprint density at radius 3 is 3.00 bits per heavy atom. The Morgan fingerprint density at radius 2 is 2.40 bits per heavy atom. The standard InChI is InChI=1S/C10H14N2O3/c1-3-14-10(13)7(2)15-8-5-4-6-12-9(8)11/h4-7H,3H2,1-2H3,(H2,11,12). The number of hydrogen-bond acceptors (Lipinski definition) is 5. The second-order valence-electron chi connectivity index (χ2n) is 2.90. The quantitative estimate of drug-likeness (QED) is 0.750. The number of hydrogen-bond donors (Lipinski definition) is 1. The highest BCUT2D eigenvalue weighted by molar-refractivity contribution is 5.74. The Morgan fingerprint density at radius 1 is 1.67 bits per heavy atom. The highest BCUT2D eigenvalue weighted by atomic mass is 16.6. The summed E-state index contributed by atoms with van der Waals surface area (Å²) in [6.07, 6.45) is 0.869. The van der Waals surface area contributed by atoms with Crippen molar-refractivity contribution in [1.82, 2.24) is 4.98 Å². The smallest absolute Gasteiger partial charge is 0.347 e. The summed E-state index contributed by atoms with van der Waals surface area (Å²) in [5.74, 6) is 0.229. The molecule has 0 fully saturated rings. The zero-order chi connectivity index (χ0) is 11.3. The van der Waals surface area contributed by atoms with Gasteiger partial charge in [0.25, 0.3) is 0 Å². The van der Waals surface area contributed by atoms with Crippen molar-refractivity contribution in [3.8, 4) is 5.75 Å². The molecular formula is C10H14N2O3. The highest BCUT2D eigenvalue weighted by Crippen LogP contribution is 2.18. The zero-order valence-electron chi connectivity index (χ0n) is 8.77. The lowest BCUT2D eigenvalue weighted by molar-refractivity contribution is -0.150. The molecule has 0 radical (unpaired) electrons. The van der Waals surface area contributed by atoms with Gasteiger partial charge in [-0.3, -0.25) is 0 Å². The minimum Gasteiger partial charge on any atom is -0.475 e. The molecule has 1 unspecified atom stereocenters. The molecule has 1 rings (SSSR count). The van der Waals surface area contributed by atoms with Crippen LogP contribution >= 0.6 is 0 Å². The fourth-order valence-electron chi connectivity index (χ4n) is 1.00. The van der Waals surface area contributed by atoms with E-state index in [4.69, 9.17) is 15.2 Å². The molecule has 1 heterocycles. The van der Waals surface area contributed by atoms with Crippen molar-refractivity contribution in [2.75, 3.05) is 12.3 Å². The van der Waals surface area contributed by atoms with E-state index in [1.165, 1.54) is 0 Å². The van der Waals surface area contributed by atoms with Gasteiger partial charge in [-0.1, -0.05) is 0 Å². The van der Waals surface area contributed by atoms with Crippen molar-refractivity contribution in [3.05, 3.63) is 18.3 Å². The molecule has 0 saturated heterocycles. The molecule has 82 valence electrons. The Labute approximate surface area is 88.2 Å². The van der Waals surface area contributed by atoms with Crippen molar-refractivity contribution >= 4 is 11.8 Å². The van der Waals surface area contributed by atoms with E-state index in [2.05, 4.69) is 4.98 Å².